The first-order chi connectivity index (χ1) is 19.2. The summed E-state index contributed by atoms with van der Waals surface area (Å²) in [5, 5.41) is 13.4. The third kappa shape index (κ3) is 5.44. The Morgan fingerprint density at radius 1 is 0.829 bits per heavy atom. The molecule has 0 saturated carbocycles. The number of aromatic hydroxyl groups is 1. The Labute approximate surface area is 255 Å². The Hall–Kier alpha value is -3.82. The van der Waals surface area contributed by atoms with Crippen molar-refractivity contribution in [2.24, 2.45) is 5.92 Å². The molecule has 0 atom stereocenters. The number of phenols is 1. The Morgan fingerprint density at radius 2 is 1.46 bits per heavy atom. The minimum atomic E-state index is -0.190. The van der Waals surface area contributed by atoms with Gasteiger partial charge >= 0.3 is 0 Å². The maximum absolute atomic E-state index is 11.3. The van der Waals surface area contributed by atoms with Gasteiger partial charge in [-0.25, -0.2) is 9.97 Å². The Morgan fingerprint density at radius 3 is 2.10 bits per heavy atom. The first-order valence-electron chi connectivity index (χ1n) is 13.8. The van der Waals surface area contributed by atoms with Crippen molar-refractivity contribution in [3.05, 3.63) is 102 Å². The van der Waals surface area contributed by atoms with Gasteiger partial charge < -0.3 is 5.11 Å². The molecule has 41 heavy (non-hydrogen) atoms. The number of hydrogen-bond donors (Lipinski definition) is 1. The van der Waals surface area contributed by atoms with Crippen molar-refractivity contribution < 1.29 is 26.2 Å². The van der Waals surface area contributed by atoms with Gasteiger partial charge in [-0.15, -0.1) is 29.8 Å². The molecule has 2 aromatic carbocycles. The fourth-order valence-electron chi connectivity index (χ4n) is 5.44. The number of nitrogens with zero attached hydrogens (tertiary/aromatic N) is 4. The molecule has 0 unspecified atom stereocenters. The van der Waals surface area contributed by atoms with Crippen molar-refractivity contribution in [2.75, 3.05) is 0 Å². The summed E-state index contributed by atoms with van der Waals surface area (Å²) < 4.78 is 2.06. The third-order valence-corrected chi connectivity index (χ3v) is 7.23. The van der Waals surface area contributed by atoms with E-state index >= 15 is 0 Å². The molecule has 210 valence electrons. The Balaban J connectivity index is 0.00000337. The van der Waals surface area contributed by atoms with Crippen LogP contribution in [0.2, 0.25) is 0 Å². The van der Waals surface area contributed by atoms with Gasteiger partial charge in [0.15, 0.2) is 0 Å². The monoisotopic (exact) mass is 720 g/mol. The average Bonchev–Trinajstić information content (AvgIpc) is 3.26. The standard InChI is InChI=1S/C35H33N4O.Pt/c1-22(2)18-23-19-30(38-31(20-23)28-12-7-15-29(32(28)40)35(3,4)5)24-10-6-11-25(21-24)39-33-26(13-8-16-36-33)27-14-9-17-37-34(27)39;/h6-17,19-20,22,40H,18H2,1-5H3;/q-1;. The first-order valence-corrected chi connectivity index (χ1v) is 13.8. The van der Waals surface area contributed by atoms with Crippen molar-refractivity contribution in [1.82, 2.24) is 19.5 Å². The molecule has 6 heteroatoms. The molecule has 0 amide bonds. The summed E-state index contributed by atoms with van der Waals surface area (Å²) in [7, 11) is 0. The number of pyridine rings is 3. The van der Waals surface area contributed by atoms with Crippen LogP contribution in [0.3, 0.4) is 0 Å². The normalized spacial score (nSPS) is 11.8. The molecule has 4 aromatic heterocycles. The van der Waals surface area contributed by atoms with E-state index in [4.69, 9.17) is 15.0 Å². The van der Waals surface area contributed by atoms with Gasteiger partial charge in [0.2, 0.25) is 0 Å². The molecule has 0 aliphatic carbocycles. The molecule has 1 N–H and O–H groups in total. The minimum Gasteiger partial charge on any atom is -0.507 e. The van der Waals surface area contributed by atoms with Crippen molar-refractivity contribution in [3.63, 3.8) is 0 Å². The van der Waals surface area contributed by atoms with E-state index in [0.29, 0.717) is 5.92 Å². The van der Waals surface area contributed by atoms with E-state index in [9.17, 15) is 5.11 Å². The van der Waals surface area contributed by atoms with E-state index in [0.717, 1.165) is 62.3 Å². The second-order valence-corrected chi connectivity index (χ2v) is 11.8. The fraction of sp³-hybridized carbons (Fsp3) is 0.229. The summed E-state index contributed by atoms with van der Waals surface area (Å²) in [6.45, 7) is 10.8. The molecule has 5 nitrogen and oxygen atoms in total. The summed E-state index contributed by atoms with van der Waals surface area (Å²) in [6, 6.07) is 28.0. The number of benzene rings is 2. The van der Waals surface area contributed by atoms with Crippen LogP contribution in [-0.4, -0.2) is 24.6 Å². The van der Waals surface area contributed by atoms with Gasteiger partial charge in [0.05, 0.1) is 5.69 Å². The molecule has 0 aliphatic heterocycles. The summed E-state index contributed by atoms with van der Waals surface area (Å²) in [4.78, 5) is 14.5. The van der Waals surface area contributed by atoms with Gasteiger partial charge in [-0.05, 0) is 71.1 Å². The van der Waals surface area contributed by atoms with Gasteiger partial charge in [-0.3, -0.25) is 9.55 Å². The number of aromatic nitrogens is 4. The number of phenolic OH excluding ortho intramolecular Hbond substituents is 1. The number of fused-ring (bicyclic) bond motifs is 3. The van der Waals surface area contributed by atoms with Crippen LogP contribution in [0.4, 0.5) is 0 Å². The van der Waals surface area contributed by atoms with E-state index < -0.39 is 0 Å². The summed E-state index contributed by atoms with van der Waals surface area (Å²) in [5.74, 6) is 0.762. The van der Waals surface area contributed by atoms with E-state index in [2.05, 4.69) is 69.5 Å². The zero-order valence-corrected chi connectivity index (χ0v) is 26.2. The van der Waals surface area contributed by atoms with Crippen molar-refractivity contribution in [1.29, 1.82) is 0 Å². The minimum absolute atomic E-state index is 0. The zero-order valence-electron chi connectivity index (χ0n) is 23.9. The smallest absolute Gasteiger partial charge is 0.145 e. The molecule has 0 saturated heterocycles. The van der Waals surface area contributed by atoms with Gasteiger partial charge in [0.25, 0.3) is 0 Å². The van der Waals surface area contributed by atoms with Crippen LogP contribution in [0, 0.1) is 12.0 Å². The number of para-hydroxylation sites is 1. The Kier molecular flexibility index (Phi) is 7.85. The predicted molar refractivity (Wildman–Crippen MR) is 163 cm³/mol. The van der Waals surface area contributed by atoms with E-state index in [1.807, 2.05) is 60.9 Å². The van der Waals surface area contributed by atoms with Gasteiger partial charge in [-0.2, -0.15) is 0 Å². The van der Waals surface area contributed by atoms with E-state index in [-0.39, 0.29) is 32.2 Å². The molecule has 0 aliphatic rings. The van der Waals surface area contributed by atoms with Gasteiger partial charge in [0, 0.05) is 49.8 Å². The first kappa shape index (κ1) is 28.7. The van der Waals surface area contributed by atoms with E-state index in [1.165, 1.54) is 5.56 Å². The quantitative estimate of drug-likeness (QED) is 0.182. The molecule has 0 spiro atoms. The number of hydrogen-bond acceptors (Lipinski definition) is 4. The third-order valence-electron chi connectivity index (χ3n) is 7.23. The molecular weight excluding hydrogens is 687 g/mol. The van der Waals surface area contributed by atoms with Crippen molar-refractivity contribution in [2.45, 2.75) is 46.5 Å². The molecule has 4 heterocycles. The second-order valence-electron chi connectivity index (χ2n) is 11.8. The average molecular weight is 721 g/mol. The van der Waals surface area contributed by atoms with Crippen LogP contribution in [0.15, 0.2) is 85.2 Å². The largest absolute Gasteiger partial charge is 0.507 e. The molecule has 6 rings (SSSR count). The maximum atomic E-state index is 11.3. The molecule has 0 fully saturated rings. The van der Waals surface area contributed by atoms with Crippen molar-refractivity contribution in [3.8, 4) is 34.0 Å². The predicted octanol–water partition coefficient (Wildman–Crippen LogP) is 8.30. The Bertz CT molecular complexity index is 1810. The summed E-state index contributed by atoms with van der Waals surface area (Å²) in [5.41, 5.74) is 7.62. The molecular formula is C35H33N4OPt-. The second kappa shape index (κ2) is 11.2. The van der Waals surface area contributed by atoms with Crippen LogP contribution >= 0.6 is 0 Å². The van der Waals surface area contributed by atoms with E-state index in [1.54, 1.807) is 0 Å². The van der Waals surface area contributed by atoms with Crippen LogP contribution in [0.25, 0.3) is 50.3 Å². The SMILES string of the molecule is CC(C)Cc1cc(-c2[c-]c(-n3c4ncccc4c4cccnc43)ccc2)nc(-c2cccc(C(C)(C)C)c2O)c1.[Pt]. The fourth-order valence-corrected chi connectivity index (χ4v) is 5.44. The van der Waals surface area contributed by atoms with Crippen LogP contribution < -0.4 is 0 Å². The maximum Gasteiger partial charge on any atom is 0.145 e. The topological polar surface area (TPSA) is 63.8 Å². The van der Waals surface area contributed by atoms with Gasteiger partial charge in [0.1, 0.15) is 17.0 Å². The summed E-state index contributed by atoms with van der Waals surface area (Å²) in [6.07, 6.45) is 4.52. The molecule has 0 bridgehead atoms. The zero-order chi connectivity index (χ0) is 28.0. The van der Waals surface area contributed by atoms with Crippen molar-refractivity contribution >= 4 is 22.1 Å². The van der Waals surface area contributed by atoms with Crippen LogP contribution in [-0.2, 0) is 32.9 Å². The van der Waals surface area contributed by atoms with Crippen LogP contribution in [0.5, 0.6) is 5.75 Å². The molecule has 6 aromatic rings. The van der Waals surface area contributed by atoms with Gasteiger partial charge in [-0.1, -0.05) is 58.4 Å². The van der Waals surface area contributed by atoms with Crippen LogP contribution in [0.1, 0.15) is 45.7 Å². The number of rotatable bonds is 5. The molecule has 0 radical (unpaired) electrons. The summed E-state index contributed by atoms with van der Waals surface area (Å²) >= 11 is 0.